The molecule has 0 saturated heterocycles. The minimum atomic E-state index is -1.20. The van der Waals surface area contributed by atoms with Gasteiger partial charge in [0.2, 0.25) is 0 Å². The second-order valence-corrected chi connectivity index (χ2v) is 6.35. The van der Waals surface area contributed by atoms with Crippen LogP contribution in [-0.2, 0) is 28.2 Å². The van der Waals surface area contributed by atoms with Gasteiger partial charge in [-0.15, -0.1) is 0 Å². The van der Waals surface area contributed by atoms with Crippen LogP contribution in [0.5, 0.6) is 5.75 Å². The molecule has 26 heavy (non-hydrogen) atoms. The second-order valence-electron chi connectivity index (χ2n) is 6.35. The summed E-state index contributed by atoms with van der Waals surface area (Å²) in [5, 5.41) is 16.0. The van der Waals surface area contributed by atoms with Crippen LogP contribution in [0.1, 0.15) is 29.7 Å². The van der Waals surface area contributed by atoms with Gasteiger partial charge in [-0.05, 0) is 54.7 Å². The zero-order valence-electron chi connectivity index (χ0n) is 14.6. The summed E-state index contributed by atoms with van der Waals surface area (Å²) in [4.78, 5) is 23.9. The van der Waals surface area contributed by atoms with Crippen LogP contribution in [0.3, 0.4) is 0 Å². The van der Waals surface area contributed by atoms with Gasteiger partial charge in [-0.2, -0.15) is 0 Å². The number of rotatable bonds is 5. The van der Waals surface area contributed by atoms with Gasteiger partial charge in [-0.1, -0.05) is 6.07 Å². The number of carbonyl (C=O) groups excluding carboxylic acids is 2. The fourth-order valence-corrected chi connectivity index (χ4v) is 3.22. The quantitative estimate of drug-likeness (QED) is 0.698. The monoisotopic (exact) mass is 358 g/mol. The number of nitrogens with one attached hydrogen (secondary N) is 2. The molecule has 0 radical (unpaired) electrons. The molecule has 3 N–H and O–H groups in total. The standard InChI is InChI=1S/C19H22N2O5/c1-25-14-6-7-16-13(10-14)4-2-8-19(16,24)12-21-18(23)17(22)20-11-15-5-3-9-26-15/h3,5-7,9-10,24H,2,4,8,11-12H2,1H3,(H,20,22)(H,21,23)/t19-/m0/s1. The van der Waals surface area contributed by atoms with E-state index < -0.39 is 17.4 Å². The van der Waals surface area contributed by atoms with E-state index in [0.717, 1.165) is 29.7 Å². The van der Waals surface area contributed by atoms with Crippen molar-refractivity contribution in [2.45, 2.75) is 31.4 Å². The molecule has 3 rings (SSSR count). The van der Waals surface area contributed by atoms with Crippen LogP contribution >= 0.6 is 0 Å². The topological polar surface area (TPSA) is 101 Å². The summed E-state index contributed by atoms with van der Waals surface area (Å²) in [5.41, 5.74) is 0.562. The van der Waals surface area contributed by atoms with Crippen molar-refractivity contribution in [3.8, 4) is 5.75 Å². The highest BCUT2D eigenvalue weighted by Crippen LogP contribution is 2.36. The number of fused-ring (bicyclic) bond motifs is 1. The van der Waals surface area contributed by atoms with Gasteiger partial charge < -0.3 is 24.9 Å². The Bertz CT molecular complexity index is 787. The molecule has 1 atom stereocenters. The van der Waals surface area contributed by atoms with Gasteiger partial charge >= 0.3 is 11.8 Å². The van der Waals surface area contributed by atoms with E-state index in [9.17, 15) is 14.7 Å². The Hall–Kier alpha value is -2.80. The Balaban J connectivity index is 1.60. The average Bonchev–Trinajstić information content (AvgIpc) is 3.17. The molecule has 0 bridgehead atoms. The molecule has 1 heterocycles. The maximum absolute atomic E-state index is 12.0. The molecule has 1 aliphatic carbocycles. The Labute approximate surface area is 151 Å². The van der Waals surface area contributed by atoms with Gasteiger partial charge in [0, 0.05) is 0 Å². The Morgan fingerprint density at radius 3 is 2.81 bits per heavy atom. The SMILES string of the molecule is COc1ccc2c(c1)CCC[C@]2(O)CNC(=O)C(=O)NCc1ccco1. The lowest BCUT2D eigenvalue weighted by Crippen LogP contribution is -2.47. The highest BCUT2D eigenvalue weighted by Gasteiger charge is 2.35. The number of hydrogen-bond donors (Lipinski definition) is 3. The normalized spacial score (nSPS) is 18.7. The van der Waals surface area contributed by atoms with Crippen molar-refractivity contribution in [2.24, 2.45) is 0 Å². The first kappa shape index (κ1) is 18.0. The van der Waals surface area contributed by atoms with Gasteiger partial charge in [0.1, 0.15) is 17.1 Å². The summed E-state index contributed by atoms with van der Waals surface area (Å²) in [6, 6.07) is 8.90. The van der Waals surface area contributed by atoms with E-state index in [-0.39, 0.29) is 13.1 Å². The van der Waals surface area contributed by atoms with Gasteiger partial charge in [0.15, 0.2) is 0 Å². The summed E-state index contributed by atoms with van der Waals surface area (Å²) in [6.45, 7) is 0.103. The number of aliphatic hydroxyl groups is 1. The zero-order chi connectivity index (χ0) is 18.6. The van der Waals surface area contributed by atoms with E-state index in [2.05, 4.69) is 10.6 Å². The first-order chi connectivity index (χ1) is 12.5. The Morgan fingerprint density at radius 2 is 2.08 bits per heavy atom. The molecule has 138 valence electrons. The highest BCUT2D eigenvalue weighted by molar-refractivity contribution is 6.35. The zero-order valence-corrected chi connectivity index (χ0v) is 14.6. The third-order valence-electron chi connectivity index (χ3n) is 4.60. The third-order valence-corrected chi connectivity index (χ3v) is 4.60. The maximum atomic E-state index is 12.0. The molecule has 0 aliphatic heterocycles. The van der Waals surface area contributed by atoms with Gasteiger partial charge in [-0.25, -0.2) is 0 Å². The van der Waals surface area contributed by atoms with E-state index in [4.69, 9.17) is 9.15 Å². The van der Waals surface area contributed by atoms with Crippen LogP contribution in [0.15, 0.2) is 41.0 Å². The number of amides is 2. The molecule has 7 heteroatoms. The lowest BCUT2D eigenvalue weighted by molar-refractivity contribution is -0.140. The molecule has 0 spiro atoms. The molecule has 2 amide bonds. The van der Waals surface area contributed by atoms with E-state index in [1.54, 1.807) is 25.3 Å². The number of ether oxygens (including phenoxy) is 1. The number of aryl methyl sites for hydroxylation is 1. The summed E-state index contributed by atoms with van der Waals surface area (Å²) < 4.78 is 10.3. The van der Waals surface area contributed by atoms with Crippen molar-refractivity contribution in [1.29, 1.82) is 0 Å². The van der Waals surface area contributed by atoms with Gasteiger partial charge in [-0.3, -0.25) is 9.59 Å². The third kappa shape index (κ3) is 3.88. The highest BCUT2D eigenvalue weighted by atomic mass is 16.5. The summed E-state index contributed by atoms with van der Waals surface area (Å²) in [5.74, 6) is -0.268. The number of carbonyl (C=O) groups is 2. The summed E-state index contributed by atoms with van der Waals surface area (Å²) in [6.07, 6.45) is 3.64. The van der Waals surface area contributed by atoms with Crippen LogP contribution in [-0.4, -0.2) is 30.6 Å². The maximum Gasteiger partial charge on any atom is 0.309 e. The van der Waals surface area contributed by atoms with Crippen LogP contribution in [0, 0.1) is 0 Å². The fraction of sp³-hybridized carbons (Fsp3) is 0.368. The predicted octanol–water partition coefficient (Wildman–Crippen LogP) is 1.24. The van der Waals surface area contributed by atoms with Gasteiger partial charge in [0.05, 0.1) is 26.5 Å². The molecule has 1 aromatic carbocycles. The van der Waals surface area contributed by atoms with Crippen LogP contribution in [0.4, 0.5) is 0 Å². The second kappa shape index (κ2) is 7.61. The minimum Gasteiger partial charge on any atom is -0.497 e. The first-order valence-electron chi connectivity index (χ1n) is 8.50. The number of furan rings is 1. The molecule has 0 unspecified atom stereocenters. The van der Waals surface area contributed by atoms with Crippen molar-refractivity contribution in [1.82, 2.24) is 10.6 Å². The van der Waals surface area contributed by atoms with Crippen molar-refractivity contribution >= 4 is 11.8 Å². The van der Waals surface area contributed by atoms with Crippen molar-refractivity contribution in [3.63, 3.8) is 0 Å². The van der Waals surface area contributed by atoms with E-state index in [0.29, 0.717) is 12.2 Å². The van der Waals surface area contributed by atoms with E-state index in [1.807, 2.05) is 12.1 Å². The Kier molecular flexibility index (Phi) is 5.27. The van der Waals surface area contributed by atoms with Crippen LogP contribution < -0.4 is 15.4 Å². The molecule has 1 aliphatic rings. The number of hydrogen-bond acceptors (Lipinski definition) is 5. The lowest BCUT2D eigenvalue weighted by atomic mass is 9.79. The largest absolute Gasteiger partial charge is 0.497 e. The van der Waals surface area contributed by atoms with Crippen LogP contribution in [0.25, 0.3) is 0 Å². The number of methoxy groups -OCH3 is 1. The fourth-order valence-electron chi connectivity index (χ4n) is 3.22. The van der Waals surface area contributed by atoms with Crippen molar-refractivity contribution < 1.29 is 23.8 Å². The van der Waals surface area contributed by atoms with E-state index >= 15 is 0 Å². The van der Waals surface area contributed by atoms with Gasteiger partial charge in [0.25, 0.3) is 0 Å². The Morgan fingerprint density at radius 1 is 1.27 bits per heavy atom. The molecule has 1 aromatic heterocycles. The average molecular weight is 358 g/mol. The molecule has 2 aromatic rings. The molecule has 0 fully saturated rings. The predicted molar refractivity (Wildman–Crippen MR) is 93.4 cm³/mol. The van der Waals surface area contributed by atoms with Crippen molar-refractivity contribution in [2.75, 3.05) is 13.7 Å². The summed E-state index contributed by atoms with van der Waals surface area (Å²) >= 11 is 0. The molecule has 7 nitrogen and oxygen atoms in total. The lowest BCUT2D eigenvalue weighted by Gasteiger charge is -2.34. The molecular weight excluding hydrogens is 336 g/mol. The van der Waals surface area contributed by atoms with Crippen LogP contribution in [0.2, 0.25) is 0 Å². The number of benzene rings is 1. The van der Waals surface area contributed by atoms with E-state index in [1.165, 1.54) is 6.26 Å². The molecular formula is C19H22N2O5. The smallest absolute Gasteiger partial charge is 0.309 e. The van der Waals surface area contributed by atoms with Crippen molar-refractivity contribution in [3.05, 3.63) is 53.5 Å². The first-order valence-corrected chi connectivity index (χ1v) is 8.50. The summed E-state index contributed by atoms with van der Waals surface area (Å²) in [7, 11) is 1.60. The molecule has 0 saturated carbocycles. The minimum absolute atomic E-state index is 0.0284.